The summed E-state index contributed by atoms with van der Waals surface area (Å²) in [5.41, 5.74) is 2.73. The highest BCUT2D eigenvalue weighted by atomic mass is 35.5. The van der Waals surface area contributed by atoms with Gasteiger partial charge in [-0.2, -0.15) is 0 Å². The van der Waals surface area contributed by atoms with Gasteiger partial charge >= 0.3 is 0 Å². The van der Waals surface area contributed by atoms with Crippen LogP contribution in [0.15, 0.2) is 59.8 Å². The molecule has 0 spiro atoms. The minimum atomic E-state index is -0.243. The van der Waals surface area contributed by atoms with Gasteiger partial charge in [-0.15, -0.1) is 11.3 Å². The molecule has 3 aromatic heterocycles. The molecule has 2 aromatic carbocycles. The summed E-state index contributed by atoms with van der Waals surface area (Å²) in [5, 5.41) is 0.974. The lowest BCUT2D eigenvalue weighted by Gasteiger charge is -2.10. The van der Waals surface area contributed by atoms with Crippen molar-refractivity contribution >= 4 is 33.2 Å². The van der Waals surface area contributed by atoms with Crippen molar-refractivity contribution in [2.45, 2.75) is 0 Å². The molecule has 33 heavy (non-hydrogen) atoms. The Bertz CT molecular complexity index is 1540. The van der Waals surface area contributed by atoms with Crippen LogP contribution in [0.4, 0.5) is 0 Å². The van der Waals surface area contributed by atoms with Gasteiger partial charge in [0.1, 0.15) is 22.0 Å². The number of rotatable bonds is 5. The van der Waals surface area contributed by atoms with E-state index < -0.39 is 0 Å². The van der Waals surface area contributed by atoms with Gasteiger partial charge in [0.05, 0.1) is 31.0 Å². The van der Waals surface area contributed by atoms with Crippen LogP contribution in [0.5, 0.6) is 11.5 Å². The van der Waals surface area contributed by atoms with Gasteiger partial charge < -0.3 is 19.0 Å². The molecule has 1 N–H and O–H groups in total. The first kappa shape index (κ1) is 21.2. The third-order valence-corrected chi connectivity index (χ3v) is 6.82. The summed E-state index contributed by atoms with van der Waals surface area (Å²) in [6.07, 6.45) is 3.47. The standard InChI is InChI=1S/C24H19ClN4O3S/c1-29-11-16(26-12-29)22-27-23(30)19-18(13-7-9-14(31-2)10-8-13)21(33-24(19)28-22)15-5-4-6-17(32-3)20(15)25/h4-12H,1-3H3,(H,27,28,30). The molecule has 0 saturated carbocycles. The maximum atomic E-state index is 13.3. The van der Waals surface area contributed by atoms with Gasteiger partial charge in [0.15, 0.2) is 5.82 Å². The number of thiophene rings is 1. The summed E-state index contributed by atoms with van der Waals surface area (Å²) in [6, 6.07) is 13.2. The molecule has 7 nitrogen and oxygen atoms in total. The quantitative estimate of drug-likeness (QED) is 0.366. The molecule has 166 valence electrons. The predicted molar refractivity (Wildman–Crippen MR) is 131 cm³/mol. The molecule has 5 rings (SSSR count). The number of fused-ring (bicyclic) bond motifs is 1. The Morgan fingerprint density at radius 2 is 1.88 bits per heavy atom. The number of hydrogen-bond acceptors (Lipinski definition) is 6. The third kappa shape index (κ3) is 3.67. The van der Waals surface area contributed by atoms with E-state index in [1.807, 2.05) is 49.6 Å². The smallest absolute Gasteiger partial charge is 0.260 e. The lowest BCUT2D eigenvalue weighted by Crippen LogP contribution is -2.09. The molecule has 5 aromatic rings. The van der Waals surface area contributed by atoms with E-state index >= 15 is 0 Å². The van der Waals surface area contributed by atoms with Crippen LogP contribution in [0.25, 0.3) is 43.3 Å². The topological polar surface area (TPSA) is 82.0 Å². The minimum Gasteiger partial charge on any atom is -0.497 e. The SMILES string of the molecule is COc1ccc(-c2c(-c3cccc(OC)c3Cl)sc3nc(-c4cn(C)cn4)[nH]c(=O)c23)cc1. The summed E-state index contributed by atoms with van der Waals surface area (Å²) in [4.78, 5) is 26.7. The van der Waals surface area contributed by atoms with Crippen LogP contribution in [-0.4, -0.2) is 33.7 Å². The lowest BCUT2D eigenvalue weighted by molar-refractivity contribution is 0.415. The molecule has 0 saturated heterocycles. The number of nitrogens with one attached hydrogen (secondary N) is 1. The summed E-state index contributed by atoms with van der Waals surface area (Å²) in [5.74, 6) is 1.70. The van der Waals surface area contributed by atoms with Gasteiger partial charge in [-0.05, 0) is 23.8 Å². The molecule has 0 aliphatic carbocycles. The van der Waals surface area contributed by atoms with Crippen LogP contribution in [-0.2, 0) is 7.05 Å². The fraction of sp³-hybridized carbons (Fsp3) is 0.125. The van der Waals surface area contributed by atoms with Gasteiger partial charge in [-0.25, -0.2) is 9.97 Å². The minimum absolute atomic E-state index is 0.243. The Morgan fingerprint density at radius 3 is 2.55 bits per heavy atom. The zero-order valence-corrected chi connectivity index (χ0v) is 19.6. The largest absolute Gasteiger partial charge is 0.497 e. The van der Waals surface area contributed by atoms with Gasteiger partial charge in [-0.1, -0.05) is 35.9 Å². The molecule has 3 heterocycles. The Labute approximate surface area is 198 Å². The second kappa shape index (κ2) is 8.38. The number of aryl methyl sites for hydroxylation is 1. The number of halogens is 1. The van der Waals surface area contributed by atoms with Gasteiger partial charge in [0.25, 0.3) is 5.56 Å². The molecule has 0 radical (unpaired) electrons. The van der Waals surface area contributed by atoms with E-state index in [9.17, 15) is 4.79 Å². The molecule has 0 amide bonds. The van der Waals surface area contributed by atoms with Crippen LogP contribution < -0.4 is 15.0 Å². The second-order valence-electron chi connectivity index (χ2n) is 7.38. The lowest BCUT2D eigenvalue weighted by atomic mass is 9.99. The monoisotopic (exact) mass is 478 g/mol. The number of imidazole rings is 1. The van der Waals surface area contributed by atoms with E-state index in [1.165, 1.54) is 11.3 Å². The fourth-order valence-corrected chi connectivity index (χ4v) is 5.31. The summed E-state index contributed by atoms with van der Waals surface area (Å²) < 4.78 is 12.5. The Hall–Kier alpha value is -3.62. The summed E-state index contributed by atoms with van der Waals surface area (Å²) >= 11 is 8.10. The van der Waals surface area contributed by atoms with Crippen molar-refractivity contribution in [1.29, 1.82) is 0 Å². The zero-order valence-electron chi connectivity index (χ0n) is 18.0. The number of ether oxygens (including phenoxy) is 2. The molecule has 9 heteroatoms. The second-order valence-corrected chi connectivity index (χ2v) is 8.75. The normalized spacial score (nSPS) is 11.2. The molecule has 0 aliphatic rings. The summed E-state index contributed by atoms with van der Waals surface area (Å²) in [7, 11) is 5.05. The van der Waals surface area contributed by atoms with Crippen molar-refractivity contribution in [3.63, 3.8) is 0 Å². The van der Waals surface area contributed by atoms with E-state index in [1.54, 1.807) is 31.2 Å². The van der Waals surface area contributed by atoms with Crippen molar-refractivity contribution in [1.82, 2.24) is 19.5 Å². The van der Waals surface area contributed by atoms with Gasteiger partial charge in [0.2, 0.25) is 0 Å². The molecule has 0 aliphatic heterocycles. The van der Waals surface area contributed by atoms with E-state index in [2.05, 4.69) is 9.97 Å². The number of benzene rings is 2. The molecule has 0 bridgehead atoms. The first-order chi connectivity index (χ1) is 16.0. The highest BCUT2D eigenvalue weighted by Crippen LogP contribution is 2.47. The Balaban J connectivity index is 1.82. The van der Waals surface area contributed by atoms with Gasteiger partial charge in [0, 0.05) is 29.2 Å². The van der Waals surface area contributed by atoms with E-state index in [4.69, 9.17) is 26.1 Å². The first-order valence-corrected chi connectivity index (χ1v) is 11.2. The number of H-pyrrole nitrogens is 1. The molecule has 0 fully saturated rings. The summed E-state index contributed by atoms with van der Waals surface area (Å²) in [6.45, 7) is 0. The van der Waals surface area contributed by atoms with Crippen molar-refractivity contribution in [2.24, 2.45) is 7.05 Å². The molecular formula is C24H19ClN4O3S. The highest BCUT2D eigenvalue weighted by Gasteiger charge is 2.23. The first-order valence-electron chi connectivity index (χ1n) is 10.0. The van der Waals surface area contributed by atoms with E-state index in [-0.39, 0.29) is 5.56 Å². The van der Waals surface area contributed by atoms with Crippen LogP contribution in [0, 0.1) is 0 Å². The average Bonchev–Trinajstić information content (AvgIpc) is 3.43. The van der Waals surface area contributed by atoms with Crippen LogP contribution in [0.1, 0.15) is 0 Å². The maximum absolute atomic E-state index is 13.3. The predicted octanol–water partition coefficient (Wildman–Crippen LogP) is 5.39. The van der Waals surface area contributed by atoms with E-state index in [0.29, 0.717) is 32.5 Å². The number of methoxy groups -OCH3 is 2. The number of aromatic nitrogens is 4. The van der Waals surface area contributed by atoms with Crippen LogP contribution in [0.3, 0.4) is 0 Å². The Kier molecular flexibility index (Phi) is 5.39. The van der Waals surface area contributed by atoms with Crippen molar-refractivity contribution in [3.8, 4) is 44.6 Å². The Morgan fingerprint density at radius 1 is 1.09 bits per heavy atom. The molecule has 0 atom stereocenters. The van der Waals surface area contributed by atoms with Gasteiger partial charge in [-0.3, -0.25) is 4.79 Å². The van der Waals surface area contributed by atoms with Crippen LogP contribution >= 0.6 is 22.9 Å². The third-order valence-electron chi connectivity index (χ3n) is 5.32. The maximum Gasteiger partial charge on any atom is 0.260 e. The fourth-order valence-electron chi connectivity index (χ4n) is 3.73. The van der Waals surface area contributed by atoms with Crippen LogP contribution in [0.2, 0.25) is 5.02 Å². The van der Waals surface area contributed by atoms with Crippen molar-refractivity contribution in [3.05, 3.63) is 70.4 Å². The highest BCUT2D eigenvalue weighted by molar-refractivity contribution is 7.22. The van der Waals surface area contributed by atoms with E-state index in [0.717, 1.165) is 27.3 Å². The average molecular weight is 479 g/mol. The number of aromatic amines is 1. The number of nitrogens with zero attached hydrogens (tertiary/aromatic N) is 3. The zero-order chi connectivity index (χ0) is 23.1. The van der Waals surface area contributed by atoms with Crippen molar-refractivity contribution in [2.75, 3.05) is 14.2 Å². The number of hydrogen-bond donors (Lipinski definition) is 1. The molecule has 0 unspecified atom stereocenters. The van der Waals surface area contributed by atoms with Crippen molar-refractivity contribution < 1.29 is 9.47 Å². The molecular weight excluding hydrogens is 460 g/mol.